The normalized spacial score (nSPS) is 31.5. The summed E-state index contributed by atoms with van der Waals surface area (Å²) in [5.74, 6) is -3.92. The van der Waals surface area contributed by atoms with Gasteiger partial charge >= 0.3 is 12.1 Å². The van der Waals surface area contributed by atoms with E-state index in [2.05, 4.69) is 0 Å². The van der Waals surface area contributed by atoms with Crippen LogP contribution in [0.5, 0.6) is 0 Å². The molecule has 1 fully saturated rings. The highest BCUT2D eigenvalue weighted by molar-refractivity contribution is 6.09. The maximum Gasteiger partial charge on any atom is 0.407 e. The number of hydrogen-bond acceptors (Lipinski definition) is 3. The Labute approximate surface area is 82.1 Å². The van der Waals surface area contributed by atoms with Gasteiger partial charge in [-0.25, -0.2) is 18.4 Å². The Kier molecular flexibility index (Phi) is 2.61. The molecule has 1 amide bonds. The van der Waals surface area contributed by atoms with Crippen LogP contribution in [-0.4, -0.2) is 57.9 Å². The summed E-state index contributed by atoms with van der Waals surface area (Å²) in [7, 11) is 0. The largest absolute Gasteiger partial charge is 0.478 e. The quantitative estimate of drug-likeness (QED) is 0.594. The number of aliphatic carboxylic acids is 1. The van der Waals surface area contributed by atoms with Gasteiger partial charge in [0.15, 0.2) is 6.17 Å². The summed E-state index contributed by atoms with van der Waals surface area (Å²) >= 11 is 0. The van der Waals surface area contributed by atoms with E-state index in [1.165, 1.54) is 0 Å². The fourth-order valence-corrected chi connectivity index (χ4v) is 1.25. The number of carboxylic acids is 1. The number of piperidine rings is 1. The Morgan fingerprint density at radius 3 is 2.40 bits per heavy atom. The lowest BCUT2D eigenvalue weighted by atomic mass is 9.92. The second-order valence-corrected chi connectivity index (χ2v) is 3.10. The Morgan fingerprint density at radius 1 is 1.47 bits per heavy atom. The number of carbonyl (C=O) groups is 3. The minimum atomic E-state index is -3.49. The van der Waals surface area contributed by atoms with Crippen LogP contribution in [0.25, 0.3) is 0 Å². The minimum Gasteiger partial charge on any atom is -0.478 e. The van der Waals surface area contributed by atoms with E-state index in [4.69, 9.17) is 10.2 Å². The monoisotopic (exact) mass is 223 g/mol. The number of amides is 1. The van der Waals surface area contributed by atoms with Gasteiger partial charge < -0.3 is 15.1 Å². The zero-order valence-electron chi connectivity index (χ0n) is 7.31. The van der Waals surface area contributed by atoms with Crippen molar-refractivity contribution in [2.75, 3.05) is 13.1 Å². The van der Waals surface area contributed by atoms with Crippen molar-refractivity contribution in [3.05, 3.63) is 0 Å². The minimum absolute atomic E-state index is 0.222. The third-order valence-corrected chi connectivity index (χ3v) is 2.07. The van der Waals surface area contributed by atoms with Crippen molar-refractivity contribution in [3.8, 4) is 0 Å². The van der Waals surface area contributed by atoms with Gasteiger partial charge in [0.2, 0.25) is 5.78 Å². The highest BCUT2D eigenvalue weighted by Crippen LogP contribution is 2.24. The SMILES string of the molecule is O=C(O)N1CC(F)C(=O)C(F)(C(=O)O)C1. The first-order valence-electron chi connectivity index (χ1n) is 3.87. The molecular formula is C7H7F2NO5. The van der Waals surface area contributed by atoms with Crippen molar-refractivity contribution in [3.63, 3.8) is 0 Å². The van der Waals surface area contributed by atoms with Crippen molar-refractivity contribution < 1.29 is 33.4 Å². The van der Waals surface area contributed by atoms with Crippen LogP contribution in [0.4, 0.5) is 13.6 Å². The first kappa shape index (κ1) is 11.3. The summed E-state index contributed by atoms with van der Waals surface area (Å²) in [6.45, 7) is -2.02. The van der Waals surface area contributed by atoms with Crippen LogP contribution < -0.4 is 0 Å². The molecule has 15 heavy (non-hydrogen) atoms. The van der Waals surface area contributed by atoms with Gasteiger partial charge in [0.1, 0.15) is 0 Å². The molecule has 1 aliphatic heterocycles. The van der Waals surface area contributed by atoms with Crippen LogP contribution in [0.1, 0.15) is 0 Å². The number of rotatable bonds is 1. The molecule has 2 atom stereocenters. The maximum atomic E-state index is 13.5. The summed E-state index contributed by atoms with van der Waals surface area (Å²) in [6, 6.07) is 0. The highest BCUT2D eigenvalue weighted by atomic mass is 19.2. The molecule has 0 saturated carbocycles. The molecule has 1 aliphatic rings. The van der Waals surface area contributed by atoms with Gasteiger partial charge in [0, 0.05) is 0 Å². The van der Waals surface area contributed by atoms with E-state index in [9.17, 15) is 23.2 Å². The van der Waals surface area contributed by atoms with Crippen molar-refractivity contribution in [1.82, 2.24) is 4.90 Å². The lowest BCUT2D eigenvalue weighted by molar-refractivity contribution is -0.163. The fourth-order valence-electron chi connectivity index (χ4n) is 1.25. The van der Waals surface area contributed by atoms with Crippen LogP contribution in [0, 0.1) is 0 Å². The molecule has 0 radical (unpaired) electrons. The van der Waals surface area contributed by atoms with Gasteiger partial charge in [-0.2, -0.15) is 0 Å². The van der Waals surface area contributed by atoms with Crippen LogP contribution in [0.2, 0.25) is 0 Å². The van der Waals surface area contributed by atoms with E-state index in [0.29, 0.717) is 0 Å². The van der Waals surface area contributed by atoms with E-state index in [-0.39, 0.29) is 4.90 Å². The molecule has 84 valence electrons. The molecule has 6 nitrogen and oxygen atoms in total. The van der Waals surface area contributed by atoms with Crippen molar-refractivity contribution in [1.29, 1.82) is 0 Å². The average Bonchev–Trinajstić information content (AvgIpc) is 2.12. The predicted molar refractivity (Wildman–Crippen MR) is 41.0 cm³/mol. The second kappa shape index (κ2) is 3.44. The van der Waals surface area contributed by atoms with Crippen LogP contribution in [-0.2, 0) is 9.59 Å². The summed E-state index contributed by atoms with van der Waals surface area (Å²) < 4.78 is 26.3. The predicted octanol–water partition coefficient (Wildman–Crippen LogP) is -0.320. The zero-order valence-corrected chi connectivity index (χ0v) is 7.31. The number of alkyl halides is 2. The van der Waals surface area contributed by atoms with Gasteiger partial charge in [0.05, 0.1) is 13.1 Å². The first-order chi connectivity index (χ1) is 6.79. The molecule has 0 spiro atoms. The van der Waals surface area contributed by atoms with Crippen molar-refractivity contribution in [2.45, 2.75) is 11.8 Å². The molecule has 0 aliphatic carbocycles. The number of Topliss-reactive ketones (excluding diaryl/α,β-unsaturated/α-hetero) is 1. The topological polar surface area (TPSA) is 94.9 Å². The van der Waals surface area contributed by atoms with Gasteiger partial charge in [-0.05, 0) is 0 Å². The Morgan fingerprint density at radius 2 is 2.00 bits per heavy atom. The number of carboxylic acid groups (broad SMARTS) is 2. The van der Waals surface area contributed by atoms with Gasteiger partial charge in [-0.15, -0.1) is 0 Å². The molecule has 0 aromatic carbocycles. The molecule has 8 heteroatoms. The zero-order chi connectivity index (χ0) is 11.8. The summed E-state index contributed by atoms with van der Waals surface area (Å²) in [6.07, 6.45) is -4.12. The van der Waals surface area contributed by atoms with Crippen molar-refractivity contribution in [2.24, 2.45) is 0 Å². The number of ketones is 1. The number of halogens is 2. The van der Waals surface area contributed by atoms with Gasteiger partial charge in [0.25, 0.3) is 5.67 Å². The van der Waals surface area contributed by atoms with Gasteiger partial charge in [-0.1, -0.05) is 0 Å². The second-order valence-electron chi connectivity index (χ2n) is 3.10. The van der Waals surface area contributed by atoms with Crippen LogP contribution in [0.15, 0.2) is 0 Å². The van der Waals surface area contributed by atoms with Gasteiger partial charge in [-0.3, -0.25) is 4.79 Å². The smallest absolute Gasteiger partial charge is 0.407 e. The number of nitrogens with zero attached hydrogens (tertiary/aromatic N) is 1. The molecule has 0 aromatic heterocycles. The lowest BCUT2D eigenvalue weighted by Gasteiger charge is -2.33. The molecule has 1 saturated heterocycles. The maximum absolute atomic E-state index is 13.5. The standard InChI is InChI=1S/C7H7F2NO5/c8-3-1-10(6(14)15)2-7(9,4(3)11)5(12)13/h3H,1-2H2,(H,12,13)(H,14,15). The third-order valence-electron chi connectivity index (χ3n) is 2.07. The Bertz CT molecular complexity index is 333. The van der Waals surface area contributed by atoms with E-state index in [1.807, 2.05) is 0 Å². The molecular weight excluding hydrogens is 216 g/mol. The molecule has 1 rings (SSSR count). The molecule has 2 unspecified atom stereocenters. The summed E-state index contributed by atoms with van der Waals surface area (Å²) in [4.78, 5) is 32.0. The van der Waals surface area contributed by atoms with Crippen LogP contribution >= 0.6 is 0 Å². The molecule has 1 heterocycles. The summed E-state index contributed by atoms with van der Waals surface area (Å²) in [5, 5.41) is 16.8. The fraction of sp³-hybridized carbons (Fsp3) is 0.571. The number of likely N-dealkylation sites (tertiary alicyclic amines) is 1. The molecule has 0 aromatic rings. The first-order valence-corrected chi connectivity index (χ1v) is 3.87. The Balaban J connectivity index is 3.01. The van der Waals surface area contributed by atoms with E-state index in [1.54, 1.807) is 0 Å². The van der Waals surface area contributed by atoms with E-state index >= 15 is 0 Å². The molecule has 2 N–H and O–H groups in total. The van der Waals surface area contributed by atoms with E-state index < -0.39 is 42.8 Å². The Hall–Kier alpha value is -1.73. The lowest BCUT2D eigenvalue weighted by Crippen LogP contribution is -2.62. The number of hydrogen-bond donors (Lipinski definition) is 2. The average molecular weight is 223 g/mol. The van der Waals surface area contributed by atoms with Crippen LogP contribution in [0.3, 0.4) is 0 Å². The highest BCUT2D eigenvalue weighted by Gasteiger charge is 2.55. The summed E-state index contributed by atoms with van der Waals surface area (Å²) in [5.41, 5.74) is -3.49. The number of carbonyl (C=O) groups excluding carboxylic acids is 1. The van der Waals surface area contributed by atoms with Crippen molar-refractivity contribution >= 4 is 17.8 Å². The third kappa shape index (κ3) is 1.74. The molecule has 0 bridgehead atoms. The van der Waals surface area contributed by atoms with E-state index in [0.717, 1.165) is 0 Å².